The van der Waals surface area contributed by atoms with Crippen LogP contribution in [0.4, 0.5) is 8.78 Å². The fourth-order valence-electron chi connectivity index (χ4n) is 1.11. The molecule has 0 N–H and O–H groups in total. The van der Waals surface area contributed by atoms with E-state index >= 15 is 0 Å². The molecule has 0 unspecified atom stereocenters. The standard InChI is InChI=1S/C11H9F2O/c1-3-8-6-5-7-10(9(8)4-2)14-11(12)13/h4-7,11H,1-2H2. The number of ether oxygens (including phenoxy) is 1. The minimum absolute atomic E-state index is 0.0867. The summed E-state index contributed by atoms with van der Waals surface area (Å²) in [6.07, 6.45) is 4.05. The third kappa shape index (κ3) is 2.19. The molecule has 1 aromatic rings. The van der Waals surface area contributed by atoms with Crippen LogP contribution in [0.5, 0.6) is 5.75 Å². The maximum Gasteiger partial charge on any atom is 0.387 e. The van der Waals surface area contributed by atoms with Crippen molar-refractivity contribution >= 4 is 6.08 Å². The van der Waals surface area contributed by atoms with Gasteiger partial charge in [0.2, 0.25) is 0 Å². The van der Waals surface area contributed by atoms with Crippen LogP contribution in [0.1, 0.15) is 11.1 Å². The minimum atomic E-state index is -2.84. The average Bonchev–Trinajstić information content (AvgIpc) is 2.16. The van der Waals surface area contributed by atoms with Crippen LogP contribution in [0.3, 0.4) is 0 Å². The molecule has 0 aliphatic rings. The van der Waals surface area contributed by atoms with Gasteiger partial charge in [-0.3, -0.25) is 0 Å². The molecule has 0 aliphatic heterocycles. The van der Waals surface area contributed by atoms with Gasteiger partial charge in [0, 0.05) is 5.56 Å². The first-order valence-electron chi connectivity index (χ1n) is 3.92. The minimum Gasteiger partial charge on any atom is -0.434 e. The highest BCUT2D eigenvalue weighted by atomic mass is 19.3. The highest BCUT2D eigenvalue weighted by Crippen LogP contribution is 2.25. The largest absolute Gasteiger partial charge is 0.434 e. The van der Waals surface area contributed by atoms with Crippen LogP contribution < -0.4 is 4.74 Å². The molecule has 73 valence electrons. The van der Waals surface area contributed by atoms with E-state index in [4.69, 9.17) is 0 Å². The summed E-state index contributed by atoms with van der Waals surface area (Å²) in [7, 11) is 0. The van der Waals surface area contributed by atoms with Gasteiger partial charge in [0.25, 0.3) is 0 Å². The molecule has 0 bridgehead atoms. The van der Waals surface area contributed by atoms with Crippen molar-refractivity contribution in [2.75, 3.05) is 0 Å². The Labute approximate surface area is 81.3 Å². The smallest absolute Gasteiger partial charge is 0.387 e. The summed E-state index contributed by atoms with van der Waals surface area (Å²) in [4.78, 5) is 0. The van der Waals surface area contributed by atoms with E-state index in [1.54, 1.807) is 12.1 Å². The highest BCUT2D eigenvalue weighted by molar-refractivity contribution is 5.61. The zero-order valence-corrected chi connectivity index (χ0v) is 7.47. The second kappa shape index (κ2) is 4.56. The van der Waals surface area contributed by atoms with Gasteiger partial charge in [-0.1, -0.05) is 31.4 Å². The van der Waals surface area contributed by atoms with Crippen LogP contribution in [0, 0.1) is 6.08 Å². The topological polar surface area (TPSA) is 9.23 Å². The van der Waals surface area contributed by atoms with E-state index < -0.39 is 6.61 Å². The van der Waals surface area contributed by atoms with Crippen molar-refractivity contribution in [3.63, 3.8) is 0 Å². The summed E-state index contributed by atoms with van der Waals surface area (Å²) in [6, 6.07) is 4.74. The molecular weight excluding hydrogens is 186 g/mol. The van der Waals surface area contributed by atoms with Crippen molar-refractivity contribution in [1.29, 1.82) is 0 Å². The Hall–Kier alpha value is -1.64. The van der Waals surface area contributed by atoms with E-state index in [9.17, 15) is 8.78 Å². The number of rotatable bonds is 4. The molecule has 14 heavy (non-hydrogen) atoms. The van der Waals surface area contributed by atoms with Crippen molar-refractivity contribution < 1.29 is 13.5 Å². The monoisotopic (exact) mass is 195 g/mol. The van der Waals surface area contributed by atoms with Crippen molar-refractivity contribution in [1.82, 2.24) is 0 Å². The Morgan fingerprint density at radius 1 is 1.43 bits per heavy atom. The van der Waals surface area contributed by atoms with E-state index in [2.05, 4.69) is 24.0 Å². The number of halogens is 2. The second-order valence-electron chi connectivity index (χ2n) is 2.48. The lowest BCUT2D eigenvalue weighted by molar-refractivity contribution is -0.0500. The molecule has 0 saturated heterocycles. The summed E-state index contributed by atoms with van der Waals surface area (Å²) >= 11 is 0. The Bertz CT molecular complexity index is 345. The van der Waals surface area contributed by atoms with Gasteiger partial charge in [-0.25, -0.2) is 0 Å². The number of hydrogen-bond acceptors (Lipinski definition) is 1. The number of alkyl halides is 2. The van der Waals surface area contributed by atoms with Crippen molar-refractivity contribution in [3.8, 4) is 5.75 Å². The molecule has 0 atom stereocenters. The Kier molecular flexibility index (Phi) is 3.40. The molecule has 0 saturated carbocycles. The Morgan fingerprint density at radius 3 is 2.64 bits per heavy atom. The maximum absolute atomic E-state index is 12.0. The molecule has 0 amide bonds. The van der Waals surface area contributed by atoms with E-state index in [-0.39, 0.29) is 5.75 Å². The van der Waals surface area contributed by atoms with Gasteiger partial charge in [0.15, 0.2) is 0 Å². The SMILES string of the molecule is C=[C]c1cccc(OC(F)F)c1C=C. The van der Waals surface area contributed by atoms with Gasteiger partial charge in [0.05, 0.1) is 0 Å². The van der Waals surface area contributed by atoms with Crippen LogP contribution in [0.15, 0.2) is 31.4 Å². The van der Waals surface area contributed by atoms with Crippen molar-refractivity contribution in [2.24, 2.45) is 0 Å². The number of benzene rings is 1. The van der Waals surface area contributed by atoms with Crippen molar-refractivity contribution in [3.05, 3.63) is 48.6 Å². The van der Waals surface area contributed by atoms with Gasteiger partial charge in [-0.2, -0.15) is 8.78 Å². The lowest BCUT2D eigenvalue weighted by Gasteiger charge is -2.09. The van der Waals surface area contributed by atoms with Gasteiger partial charge >= 0.3 is 6.61 Å². The zero-order chi connectivity index (χ0) is 10.6. The lowest BCUT2D eigenvalue weighted by atomic mass is 10.1. The summed E-state index contributed by atoms with van der Waals surface area (Å²) in [5.74, 6) is 0.0867. The van der Waals surface area contributed by atoms with Crippen LogP contribution in [0.2, 0.25) is 0 Å². The first-order chi connectivity index (χ1) is 6.69. The summed E-state index contributed by atoms with van der Waals surface area (Å²) in [6.45, 7) is 4.12. The molecular formula is C11H9F2O. The molecule has 1 aromatic carbocycles. The quantitative estimate of drug-likeness (QED) is 0.716. The molecule has 1 rings (SSSR count). The predicted octanol–water partition coefficient (Wildman–Crippen LogP) is 3.27. The Morgan fingerprint density at radius 2 is 2.14 bits per heavy atom. The van der Waals surface area contributed by atoms with E-state index in [1.807, 2.05) is 0 Å². The number of hydrogen-bond donors (Lipinski definition) is 0. The van der Waals surface area contributed by atoms with Crippen LogP contribution in [0.25, 0.3) is 6.08 Å². The second-order valence-corrected chi connectivity index (χ2v) is 2.48. The van der Waals surface area contributed by atoms with Crippen LogP contribution in [-0.4, -0.2) is 6.61 Å². The van der Waals surface area contributed by atoms with E-state index in [0.29, 0.717) is 11.1 Å². The van der Waals surface area contributed by atoms with Crippen LogP contribution >= 0.6 is 0 Å². The predicted molar refractivity (Wildman–Crippen MR) is 51.1 cm³/mol. The summed E-state index contributed by atoms with van der Waals surface area (Å²) < 4.78 is 28.3. The Balaban J connectivity index is 3.14. The maximum atomic E-state index is 12.0. The lowest BCUT2D eigenvalue weighted by Crippen LogP contribution is -2.03. The molecule has 3 heteroatoms. The van der Waals surface area contributed by atoms with E-state index in [0.717, 1.165) is 0 Å². The van der Waals surface area contributed by atoms with Crippen LogP contribution in [-0.2, 0) is 0 Å². The zero-order valence-electron chi connectivity index (χ0n) is 7.47. The molecule has 0 aliphatic carbocycles. The molecule has 0 fully saturated rings. The highest BCUT2D eigenvalue weighted by Gasteiger charge is 2.09. The van der Waals surface area contributed by atoms with Gasteiger partial charge in [-0.05, 0) is 17.7 Å². The fourth-order valence-corrected chi connectivity index (χ4v) is 1.11. The first-order valence-corrected chi connectivity index (χ1v) is 3.92. The molecule has 0 spiro atoms. The fraction of sp³-hybridized carbons (Fsp3) is 0.0909. The third-order valence-electron chi connectivity index (χ3n) is 1.68. The van der Waals surface area contributed by atoms with Gasteiger partial charge in [-0.15, -0.1) is 0 Å². The van der Waals surface area contributed by atoms with Crippen molar-refractivity contribution in [2.45, 2.75) is 6.61 Å². The third-order valence-corrected chi connectivity index (χ3v) is 1.68. The average molecular weight is 195 g/mol. The van der Waals surface area contributed by atoms with E-state index in [1.165, 1.54) is 12.1 Å². The summed E-state index contributed by atoms with van der Waals surface area (Å²) in [5.41, 5.74) is 1.07. The summed E-state index contributed by atoms with van der Waals surface area (Å²) in [5, 5.41) is 0. The normalized spacial score (nSPS) is 9.93. The molecule has 1 radical (unpaired) electrons. The molecule has 1 nitrogen and oxygen atoms in total. The molecule has 0 heterocycles. The van der Waals surface area contributed by atoms with Gasteiger partial charge in [0.1, 0.15) is 5.75 Å². The molecule has 0 aromatic heterocycles. The van der Waals surface area contributed by atoms with Gasteiger partial charge < -0.3 is 4.74 Å². The first kappa shape index (κ1) is 10.4.